The second-order valence-electron chi connectivity index (χ2n) is 4.27. The molecule has 0 radical (unpaired) electrons. The monoisotopic (exact) mass is 276 g/mol. The third-order valence-corrected chi connectivity index (χ3v) is 2.86. The highest BCUT2D eigenvalue weighted by Gasteiger charge is 2.11. The Hall–Kier alpha value is -2.70. The van der Waals surface area contributed by atoms with Crippen molar-refractivity contribution in [3.05, 3.63) is 42.0 Å². The Morgan fingerprint density at radius 2 is 1.95 bits per heavy atom. The fourth-order valence-corrected chi connectivity index (χ4v) is 1.83. The Balaban J connectivity index is 1.98. The largest absolute Gasteiger partial charge is 0.454 e. The average molecular weight is 276 g/mol. The highest BCUT2D eigenvalue weighted by Crippen LogP contribution is 2.29. The molecule has 0 unspecified atom stereocenters. The van der Waals surface area contributed by atoms with Crippen LogP contribution in [-0.4, -0.2) is 15.0 Å². The highest BCUT2D eigenvalue weighted by molar-refractivity contribution is 5.76. The maximum atomic E-state index is 13.6. The van der Waals surface area contributed by atoms with E-state index >= 15 is 0 Å². The SMILES string of the molecule is Cn1nnc2cc(Oc3cc(F)c(N)cc3F)ccc21. The Morgan fingerprint density at radius 1 is 1.15 bits per heavy atom. The first kappa shape index (κ1) is 12.3. The van der Waals surface area contributed by atoms with E-state index in [4.69, 9.17) is 10.5 Å². The lowest BCUT2D eigenvalue weighted by atomic mass is 10.2. The lowest BCUT2D eigenvalue weighted by Gasteiger charge is -2.08. The van der Waals surface area contributed by atoms with Crippen molar-refractivity contribution in [1.82, 2.24) is 15.0 Å². The van der Waals surface area contributed by atoms with Gasteiger partial charge < -0.3 is 10.5 Å². The minimum absolute atomic E-state index is 0.236. The summed E-state index contributed by atoms with van der Waals surface area (Å²) in [5.74, 6) is -1.37. The predicted octanol–water partition coefficient (Wildman–Crippen LogP) is 2.62. The molecule has 2 N–H and O–H groups in total. The number of fused-ring (bicyclic) bond motifs is 1. The maximum absolute atomic E-state index is 13.6. The number of halogens is 2. The van der Waals surface area contributed by atoms with Crippen LogP contribution in [0.1, 0.15) is 0 Å². The molecule has 0 aliphatic carbocycles. The number of anilines is 1. The fraction of sp³-hybridized carbons (Fsp3) is 0.0769. The van der Waals surface area contributed by atoms with E-state index in [1.807, 2.05) is 0 Å². The van der Waals surface area contributed by atoms with Crippen LogP contribution in [0.5, 0.6) is 11.5 Å². The van der Waals surface area contributed by atoms with Crippen molar-refractivity contribution in [2.24, 2.45) is 7.05 Å². The zero-order valence-electron chi connectivity index (χ0n) is 10.5. The van der Waals surface area contributed by atoms with E-state index in [1.165, 1.54) is 0 Å². The van der Waals surface area contributed by atoms with E-state index < -0.39 is 11.6 Å². The number of aromatic nitrogens is 3. The van der Waals surface area contributed by atoms with Gasteiger partial charge in [0.2, 0.25) is 0 Å². The van der Waals surface area contributed by atoms with Crippen molar-refractivity contribution >= 4 is 16.7 Å². The van der Waals surface area contributed by atoms with Crippen molar-refractivity contribution in [2.75, 3.05) is 5.73 Å². The molecule has 1 heterocycles. The Labute approximate surface area is 112 Å². The first-order valence-electron chi connectivity index (χ1n) is 5.76. The molecule has 0 amide bonds. The minimum Gasteiger partial charge on any atom is -0.454 e. The molecule has 0 atom stereocenters. The summed E-state index contributed by atoms with van der Waals surface area (Å²) in [7, 11) is 1.75. The van der Waals surface area contributed by atoms with Crippen LogP contribution in [0.4, 0.5) is 14.5 Å². The number of aryl methyl sites for hydroxylation is 1. The number of benzene rings is 2. The first-order valence-corrected chi connectivity index (χ1v) is 5.76. The summed E-state index contributed by atoms with van der Waals surface area (Å²) in [5.41, 5.74) is 6.41. The Bertz CT molecular complexity index is 800. The molecule has 0 spiro atoms. The molecule has 0 aliphatic rings. The van der Waals surface area contributed by atoms with Crippen LogP contribution in [0, 0.1) is 11.6 Å². The van der Waals surface area contributed by atoms with Crippen LogP contribution in [0.3, 0.4) is 0 Å². The van der Waals surface area contributed by atoms with Gasteiger partial charge in [-0.2, -0.15) is 0 Å². The lowest BCUT2D eigenvalue weighted by molar-refractivity contribution is 0.437. The molecule has 102 valence electrons. The zero-order chi connectivity index (χ0) is 14.3. The van der Waals surface area contributed by atoms with Crippen LogP contribution < -0.4 is 10.5 Å². The van der Waals surface area contributed by atoms with E-state index in [9.17, 15) is 8.78 Å². The fourth-order valence-electron chi connectivity index (χ4n) is 1.83. The van der Waals surface area contributed by atoms with Gasteiger partial charge in [0, 0.05) is 25.2 Å². The van der Waals surface area contributed by atoms with Gasteiger partial charge in [-0.1, -0.05) is 5.21 Å². The van der Waals surface area contributed by atoms with Gasteiger partial charge in [-0.05, 0) is 12.1 Å². The summed E-state index contributed by atoms with van der Waals surface area (Å²) < 4.78 is 33.9. The number of hydrogen-bond acceptors (Lipinski definition) is 4. The Kier molecular flexibility index (Phi) is 2.74. The maximum Gasteiger partial charge on any atom is 0.167 e. The third-order valence-electron chi connectivity index (χ3n) is 2.86. The molecule has 3 aromatic rings. The standard InChI is InChI=1S/C13H10F2N4O/c1-19-12-3-2-7(4-11(12)17-18-19)20-13-6-8(14)10(16)5-9(13)15/h2-6H,16H2,1H3. The topological polar surface area (TPSA) is 66.0 Å². The van der Waals surface area contributed by atoms with Crippen molar-refractivity contribution < 1.29 is 13.5 Å². The summed E-state index contributed by atoms with van der Waals surface area (Å²) in [4.78, 5) is 0. The Morgan fingerprint density at radius 3 is 2.75 bits per heavy atom. The van der Waals surface area contributed by atoms with Crippen LogP contribution in [0.15, 0.2) is 30.3 Å². The number of nitrogens with zero attached hydrogens (tertiary/aromatic N) is 3. The number of nitrogen functional groups attached to an aromatic ring is 1. The van der Waals surface area contributed by atoms with Gasteiger partial charge in [0.15, 0.2) is 11.6 Å². The number of nitrogens with two attached hydrogens (primary N) is 1. The molecule has 0 aliphatic heterocycles. The van der Waals surface area contributed by atoms with E-state index in [2.05, 4.69) is 10.3 Å². The van der Waals surface area contributed by atoms with Crippen LogP contribution in [0.2, 0.25) is 0 Å². The van der Waals surface area contributed by atoms with Gasteiger partial charge in [0.05, 0.1) is 11.2 Å². The average Bonchev–Trinajstić information content (AvgIpc) is 2.77. The smallest absolute Gasteiger partial charge is 0.167 e. The third kappa shape index (κ3) is 2.03. The van der Waals surface area contributed by atoms with E-state index in [0.717, 1.165) is 17.6 Å². The molecule has 0 saturated heterocycles. The second-order valence-corrected chi connectivity index (χ2v) is 4.27. The zero-order valence-corrected chi connectivity index (χ0v) is 10.5. The molecule has 0 fully saturated rings. The summed E-state index contributed by atoms with van der Waals surface area (Å²) in [5, 5.41) is 7.77. The van der Waals surface area contributed by atoms with E-state index in [-0.39, 0.29) is 11.4 Å². The molecule has 1 aromatic heterocycles. The second kappa shape index (κ2) is 4.44. The minimum atomic E-state index is -0.734. The molecular formula is C13H10F2N4O. The van der Waals surface area contributed by atoms with Crippen molar-refractivity contribution in [2.45, 2.75) is 0 Å². The van der Waals surface area contributed by atoms with E-state index in [1.54, 1.807) is 29.9 Å². The molecule has 7 heteroatoms. The van der Waals surface area contributed by atoms with Crippen LogP contribution >= 0.6 is 0 Å². The summed E-state index contributed by atoms with van der Waals surface area (Å²) in [6.07, 6.45) is 0. The van der Waals surface area contributed by atoms with Crippen molar-refractivity contribution in [3.63, 3.8) is 0 Å². The first-order chi connectivity index (χ1) is 9.54. The van der Waals surface area contributed by atoms with E-state index in [0.29, 0.717) is 11.3 Å². The molecule has 0 bridgehead atoms. The quantitative estimate of drug-likeness (QED) is 0.731. The van der Waals surface area contributed by atoms with Gasteiger partial charge in [-0.25, -0.2) is 13.5 Å². The molecule has 20 heavy (non-hydrogen) atoms. The molecule has 0 saturated carbocycles. The molecular weight excluding hydrogens is 266 g/mol. The van der Waals surface area contributed by atoms with Crippen molar-refractivity contribution in [1.29, 1.82) is 0 Å². The van der Waals surface area contributed by atoms with Gasteiger partial charge in [-0.15, -0.1) is 5.10 Å². The highest BCUT2D eigenvalue weighted by atomic mass is 19.1. The molecule has 5 nitrogen and oxygen atoms in total. The summed E-state index contributed by atoms with van der Waals surface area (Å²) in [6, 6.07) is 6.74. The number of hydrogen-bond donors (Lipinski definition) is 1. The molecule has 2 aromatic carbocycles. The van der Waals surface area contributed by atoms with Gasteiger partial charge in [0.25, 0.3) is 0 Å². The number of ether oxygens (including phenoxy) is 1. The summed E-state index contributed by atoms with van der Waals surface area (Å²) in [6.45, 7) is 0. The van der Waals surface area contributed by atoms with Crippen molar-refractivity contribution in [3.8, 4) is 11.5 Å². The van der Waals surface area contributed by atoms with Crippen LogP contribution in [0.25, 0.3) is 11.0 Å². The van der Waals surface area contributed by atoms with Gasteiger partial charge >= 0.3 is 0 Å². The lowest BCUT2D eigenvalue weighted by Crippen LogP contribution is -1.95. The van der Waals surface area contributed by atoms with Gasteiger partial charge in [0.1, 0.15) is 17.1 Å². The summed E-state index contributed by atoms with van der Waals surface area (Å²) >= 11 is 0. The van der Waals surface area contributed by atoms with Gasteiger partial charge in [-0.3, -0.25) is 0 Å². The number of rotatable bonds is 2. The predicted molar refractivity (Wildman–Crippen MR) is 69.4 cm³/mol. The van der Waals surface area contributed by atoms with Crippen LogP contribution in [-0.2, 0) is 7.05 Å². The molecule has 3 rings (SSSR count). The normalized spacial score (nSPS) is 10.9.